The Morgan fingerprint density at radius 3 is 2.96 bits per heavy atom. The minimum Gasteiger partial charge on any atom is -0.368 e. The van der Waals surface area contributed by atoms with Crippen molar-refractivity contribution in [3.8, 4) is 11.3 Å². The highest BCUT2D eigenvalue weighted by atomic mass is 16.5. The number of benzene rings is 1. The van der Waals surface area contributed by atoms with Gasteiger partial charge in [-0.2, -0.15) is 4.98 Å². The second kappa shape index (κ2) is 7.41. The average molecular weight is 351 g/mol. The number of rotatable bonds is 5. The van der Waals surface area contributed by atoms with Gasteiger partial charge in [0.1, 0.15) is 23.2 Å². The van der Waals surface area contributed by atoms with Crippen LogP contribution in [0, 0.1) is 6.92 Å². The summed E-state index contributed by atoms with van der Waals surface area (Å²) in [4.78, 5) is 11.2. The third-order valence-electron chi connectivity index (χ3n) is 5.30. The number of aryl methyl sites for hydroxylation is 1. The lowest BCUT2D eigenvalue weighted by Crippen LogP contribution is -2.40. The molecule has 0 amide bonds. The van der Waals surface area contributed by atoms with Gasteiger partial charge >= 0.3 is 0 Å². The molecule has 26 heavy (non-hydrogen) atoms. The van der Waals surface area contributed by atoms with Crippen LogP contribution < -0.4 is 5.32 Å². The number of anilines is 1. The van der Waals surface area contributed by atoms with Crippen molar-refractivity contribution < 1.29 is 4.52 Å². The number of aromatic nitrogens is 3. The summed E-state index contributed by atoms with van der Waals surface area (Å²) in [7, 11) is 0. The molecule has 2 aromatic heterocycles. The SMILES string of the molecule is Cc1ccccc1-c1noc2ncnc(NCCN3CCCCC3C)c12. The van der Waals surface area contributed by atoms with Crippen LogP contribution in [0.1, 0.15) is 31.7 Å². The van der Waals surface area contributed by atoms with Crippen molar-refractivity contribution in [2.24, 2.45) is 0 Å². The van der Waals surface area contributed by atoms with E-state index in [9.17, 15) is 0 Å². The number of piperidine rings is 1. The molecule has 1 N–H and O–H groups in total. The highest BCUT2D eigenvalue weighted by Gasteiger charge is 2.20. The summed E-state index contributed by atoms with van der Waals surface area (Å²) in [5.74, 6) is 0.791. The molecule has 1 aliphatic rings. The quantitative estimate of drug-likeness (QED) is 0.752. The first-order valence-corrected chi connectivity index (χ1v) is 9.38. The number of hydrogen-bond acceptors (Lipinski definition) is 6. The second-order valence-corrected chi connectivity index (χ2v) is 7.06. The van der Waals surface area contributed by atoms with Gasteiger partial charge in [-0.05, 0) is 38.8 Å². The lowest BCUT2D eigenvalue weighted by Gasteiger charge is -2.33. The second-order valence-electron chi connectivity index (χ2n) is 7.06. The highest BCUT2D eigenvalue weighted by Crippen LogP contribution is 2.32. The largest absolute Gasteiger partial charge is 0.368 e. The summed E-state index contributed by atoms with van der Waals surface area (Å²) in [6.07, 6.45) is 5.46. The minimum atomic E-state index is 0.520. The predicted molar refractivity (Wildman–Crippen MR) is 103 cm³/mol. The van der Waals surface area contributed by atoms with E-state index in [-0.39, 0.29) is 0 Å². The standard InChI is InChI=1S/C20H25N5O/c1-14-7-3-4-9-16(14)18-17-19(22-13-23-20(17)26-24-18)21-10-12-25-11-6-5-8-15(25)2/h3-4,7,9,13,15H,5-6,8,10-12H2,1-2H3,(H,21,22,23). The number of nitrogens with zero attached hydrogens (tertiary/aromatic N) is 4. The first-order valence-electron chi connectivity index (χ1n) is 9.38. The Labute approximate surface area is 153 Å². The summed E-state index contributed by atoms with van der Waals surface area (Å²) in [5.41, 5.74) is 3.52. The lowest BCUT2D eigenvalue weighted by molar-refractivity contribution is 0.167. The molecule has 1 fully saturated rings. The minimum absolute atomic E-state index is 0.520. The third kappa shape index (κ3) is 3.29. The summed E-state index contributed by atoms with van der Waals surface area (Å²) < 4.78 is 5.46. The third-order valence-corrected chi connectivity index (χ3v) is 5.30. The molecular weight excluding hydrogens is 326 g/mol. The molecule has 4 rings (SSSR count). The Morgan fingerprint density at radius 1 is 1.23 bits per heavy atom. The molecule has 6 nitrogen and oxygen atoms in total. The van der Waals surface area contributed by atoms with E-state index in [1.54, 1.807) is 0 Å². The summed E-state index contributed by atoms with van der Waals surface area (Å²) >= 11 is 0. The molecule has 1 atom stereocenters. The molecule has 0 aliphatic carbocycles. The first-order chi connectivity index (χ1) is 12.7. The van der Waals surface area contributed by atoms with Gasteiger partial charge in [0.2, 0.25) is 0 Å². The van der Waals surface area contributed by atoms with Gasteiger partial charge in [-0.25, -0.2) is 4.98 Å². The van der Waals surface area contributed by atoms with Crippen molar-refractivity contribution in [2.75, 3.05) is 25.0 Å². The zero-order valence-corrected chi connectivity index (χ0v) is 15.4. The smallest absolute Gasteiger partial charge is 0.263 e. The van der Waals surface area contributed by atoms with Crippen LogP contribution in [0.5, 0.6) is 0 Å². The van der Waals surface area contributed by atoms with E-state index in [4.69, 9.17) is 4.52 Å². The molecule has 136 valence electrons. The van der Waals surface area contributed by atoms with Crippen LogP contribution in [0.15, 0.2) is 35.1 Å². The van der Waals surface area contributed by atoms with Crippen molar-refractivity contribution in [2.45, 2.75) is 39.2 Å². The Bertz CT molecular complexity index is 891. The fourth-order valence-electron chi connectivity index (χ4n) is 3.75. The Kier molecular flexibility index (Phi) is 4.84. The van der Waals surface area contributed by atoms with Crippen molar-refractivity contribution >= 4 is 16.9 Å². The summed E-state index contributed by atoms with van der Waals surface area (Å²) in [6.45, 7) is 7.43. The predicted octanol–water partition coefficient (Wildman–Crippen LogP) is 3.88. The fraction of sp³-hybridized carbons (Fsp3) is 0.450. The van der Waals surface area contributed by atoms with E-state index in [0.29, 0.717) is 11.8 Å². The van der Waals surface area contributed by atoms with Gasteiger partial charge < -0.3 is 9.84 Å². The number of likely N-dealkylation sites (tertiary alicyclic amines) is 1. The van der Waals surface area contributed by atoms with Crippen molar-refractivity contribution in [1.29, 1.82) is 0 Å². The highest BCUT2D eigenvalue weighted by molar-refractivity contribution is 5.98. The van der Waals surface area contributed by atoms with Crippen LogP contribution in [0.4, 0.5) is 5.82 Å². The average Bonchev–Trinajstić information content (AvgIpc) is 3.08. The first kappa shape index (κ1) is 17.0. The zero-order chi connectivity index (χ0) is 17.9. The van der Waals surface area contributed by atoms with E-state index < -0.39 is 0 Å². The normalized spacial score (nSPS) is 18.3. The molecule has 1 unspecified atom stereocenters. The molecule has 1 aliphatic heterocycles. The Hall–Kier alpha value is -2.47. The fourth-order valence-corrected chi connectivity index (χ4v) is 3.75. The van der Waals surface area contributed by atoms with E-state index in [1.165, 1.54) is 32.1 Å². The van der Waals surface area contributed by atoms with Gasteiger partial charge in [0, 0.05) is 24.7 Å². The monoisotopic (exact) mass is 351 g/mol. The van der Waals surface area contributed by atoms with Crippen molar-refractivity contribution in [1.82, 2.24) is 20.0 Å². The van der Waals surface area contributed by atoms with Gasteiger partial charge in [-0.1, -0.05) is 35.8 Å². The molecule has 0 saturated carbocycles. The Morgan fingerprint density at radius 2 is 2.12 bits per heavy atom. The van der Waals surface area contributed by atoms with Crippen LogP contribution in [0.2, 0.25) is 0 Å². The van der Waals surface area contributed by atoms with Gasteiger partial charge in [-0.15, -0.1) is 0 Å². The molecule has 3 heterocycles. The molecule has 3 aromatic rings. The number of hydrogen-bond donors (Lipinski definition) is 1. The maximum atomic E-state index is 5.46. The van der Waals surface area contributed by atoms with E-state index in [1.807, 2.05) is 12.1 Å². The maximum absolute atomic E-state index is 5.46. The molecule has 1 aromatic carbocycles. The zero-order valence-electron chi connectivity index (χ0n) is 15.4. The number of fused-ring (bicyclic) bond motifs is 1. The topological polar surface area (TPSA) is 67.1 Å². The van der Waals surface area contributed by atoms with E-state index in [2.05, 4.69) is 51.3 Å². The maximum Gasteiger partial charge on any atom is 0.263 e. The van der Waals surface area contributed by atoms with Crippen molar-refractivity contribution in [3.63, 3.8) is 0 Å². The molecule has 0 spiro atoms. The van der Waals surface area contributed by atoms with Gasteiger partial charge in [0.25, 0.3) is 5.71 Å². The molecule has 0 radical (unpaired) electrons. The van der Waals surface area contributed by atoms with Crippen LogP contribution in [-0.2, 0) is 0 Å². The Balaban J connectivity index is 1.57. The lowest BCUT2D eigenvalue weighted by atomic mass is 10.0. The van der Waals surface area contributed by atoms with Crippen LogP contribution in [0.3, 0.4) is 0 Å². The van der Waals surface area contributed by atoms with Crippen LogP contribution in [0.25, 0.3) is 22.4 Å². The summed E-state index contributed by atoms with van der Waals surface area (Å²) in [5, 5.41) is 8.60. The molecule has 6 heteroatoms. The van der Waals surface area contributed by atoms with Crippen LogP contribution >= 0.6 is 0 Å². The molecule has 0 bridgehead atoms. The van der Waals surface area contributed by atoms with Crippen LogP contribution in [-0.4, -0.2) is 45.7 Å². The summed E-state index contributed by atoms with van der Waals surface area (Å²) in [6, 6.07) is 8.83. The molecule has 1 saturated heterocycles. The van der Waals surface area contributed by atoms with Gasteiger partial charge in [0.05, 0.1) is 0 Å². The van der Waals surface area contributed by atoms with Gasteiger partial charge in [0.15, 0.2) is 0 Å². The molecular formula is C20H25N5O. The van der Waals surface area contributed by atoms with E-state index >= 15 is 0 Å². The van der Waals surface area contributed by atoms with Crippen molar-refractivity contribution in [3.05, 3.63) is 36.2 Å². The van der Waals surface area contributed by atoms with Gasteiger partial charge in [-0.3, -0.25) is 4.90 Å². The number of nitrogens with one attached hydrogen (secondary N) is 1. The van der Waals surface area contributed by atoms with E-state index in [0.717, 1.165) is 41.1 Å².